The molecule has 4 nitrogen and oxygen atoms in total. The molecule has 0 saturated carbocycles. The van der Waals surface area contributed by atoms with Crippen molar-refractivity contribution in [3.8, 4) is 11.5 Å². The summed E-state index contributed by atoms with van der Waals surface area (Å²) >= 11 is 0. The summed E-state index contributed by atoms with van der Waals surface area (Å²) in [4.78, 5) is 11.5. The van der Waals surface area contributed by atoms with E-state index in [1.165, 1.54) is 20.3 Å². The molecule has 0 amide bonds. The van der Waals surface area contributed by atoms with Gasteiger partial charge in [-0.3, -0.25) is 0 Å². The molecule has 1 aromatic rings. The van der Waals surface area contributed by atoms with E-state index in [-0.39, 0.29) is 23.7 Å². The smallest absolute Gasteiger partial charge is 0.345 e. The first-order valence-electron chi connectivity index (χ1n) is 4.73. The fraction of sp³-hybridized carbons (Fsp3) is 0.364. The molecule has 1 rings (SSSR count). The van der Waals surface area contributed by atoms with Crippen LogP contribution in [0.3, 0.4) is 0 Å². The Balaban J connectivity index is 3.28. The largest absolute Gasteiger partial charge is 0.493 e. The zero-order valence-corrected chi connectivity index (χ0v) is 9.37. The number of rotatable bonds is 4. The van der Waals surface area contributed by atoms with Crippen molar-refractivity contribution in [2.75, 3.05) is 20.8 Å². The molecular formula is C11H13FO4. The normalized spacial score (nSPS) is 9.75. The van der Waals surface area contributed by atoms with Gasteiger partial charge in [-0.25, -0.2) is 9.18 Å². The molecule has 5 heteroatoms. The Morgan fingerprint density at radius 2 is 2.00 bits per heavy atom. The van der Waals surface area contributed by atoms with Crippen LogP contribution in [0.15, 0.2) is 12.1 Å². The zero-order valence-electron chi connectivity index (χ0n) is 9.37. The highest BCUT2D eigenvalue weighted by Crippen LogP contribution is 2.33. The van der Waals surface area contributed by atoms with E-state index in [0.29, 0.717) is 0 Å². The van der Waals surface area contributed by atoms with E-state index in [1.54, 1.807) is 6.92 Å². The van der Waals surface area contributed by atoms with E-state index in [4.69, 9.17) is 14.2 Å². The standard InChI is InChI=1S/C11H13FO4/c1-4-16-11(13)9-7(12)5-6-8(14-2)10(9)15-3/h5-6H,4H2,1-3H3. The molecule has 1 aromatic carbocycles. The maximum absolute atomic E-state index is 13.5. The summed E-state index contributed by atoms with van der Waals surface area (Å²) in [5.41, 5.74) is -0.247. The van der Waals surface area contributed by atoms with Crippen LogP contribution in [0.2, 0.25) is 0 Å². The minimum absolute atomic E-state index is 0.0425. The fourth-order valence-electron chi connectivity index (χ4n) is 1.30. The van der Waals surface area contributed by atoms with Gasteiger partial charge in [0.2, 0.25) is 0 Å². The van der Waals surface area contributed by atoms with Crippen LogP contribution < -0.4 is 9.47 Å². The Kier molecular flexibility index (Phi) is 4.10. The number of methoxy groups -OCH3 is 2. The minimum atomic E-state index is -0.768. The predicted molar refractivity (Wildman–Crippen MR) is 55.5 cm³/mol. The van der Waals surface area contributed by atoms with Gasteiger partial charge in [-0.2, -0.15) is 0 Å². The average Bonchev–Trinajstić information content (AvgIpc) is 2.28. The predicted octanol–water partition coefficient (Wildman–Crippen LogP) is 2.02. The van der Waals surface area contributed by atoms with Gasteiger partial charge in [-0.1, -0.05) is 0 Å². The van der Waals surface area contributed by atoms with E-state index in [1.807, 2.05) is 0 Å². The van der Waals surface area contributed by atoms with Gasteiger partial charge in [0.15, 0.2) is 11.5 Å². The lowest BCUT2D eigenvalue weighted by molar-refractivity contribution is 0.0516. The number of halogens is 1. The monoisotopic (exact) mass is 228 g/mol. The summed E-state index contributed by atoms with van der Waals surface area (Å²) in [6.07, 6.45) is 0. The van der Waals surface area contributed by atoms with Gasteiger partial charge in [0.25, 0.3) is 0 Å². The van der Waals surface area contributed by atoms with Gasteiger partial charge in [-0.05, 0) is 19.1 Å². The highest BCUT2D eigenvalue weighted by molar-refractivity contribution is 5.93. The number of carbonyl (C=O) groups is 1. The summed E-state index contributed by atoms with van der Waals surface area (Å²) in [6.45, 7) is 1.81. The van der Waals surface area contributed by atoms with Gasteiger partial charge in [0.1, 0.15) is 11.4 Å². The lowest BCUT2D eigenvalue weighted by Gasteiger charge is -2.12. The third-order valence-electron chi connectivity index (χ3n) is 1.97. The number of benzene rings is 1. The van der Waals surface area contributed by atoms with Crippen molar-refractivity contribution in [1.29, 1.82) is 0 Å². The molecule has 0 heterocycles. The van der Waals surface area contributed by atoms with Crippen molar-refractivity contribution < 1.29 is 23.4 Å². The first kappa shape index (κ1) is 12.3. The van der Waals surface area contributed by atoms with E-state index in [9.17, 15) is 9.18 Å². The molecule has 0 aromatic heterocycles. The Morgan fingerprint density at radius 3 is 2.50 bits per heavy atom. The van der Waals surface area contributed by atoms with Crippen LogP contribution >= 0.6 is 0 Å². The molecule has 0 aliphatic rings. The Bertz CT molecular complexity index is 390. The summed E-state index contributed by atoms with van der Waals surface area (Å²) in [5.74, 6) is -1.14. The van der Waals surface area contributed by atoms with E-state index >= 15 is 0 Å². The number of hydrogen-bond acceptors (Lipinski definition) is 4. The first-order valence-corrected chi connectivity index (χ1v) is 4.73. The van der Waals surface area contributed by atoms with Crippen molar-refractivity contribution in [3.63, 3.8) is 0 Å². The molecule has 16 heavy (non-hydrogen) atoms. The van der Waals surface area contributed by atoms with E-state index < -0.39 is 11.8 Å². The molecule has 0 bridgehead atoms. The third kappa shape index (κ3) is 2.24. The maximum atomic E-state index is 13.5. The van der Waals surface area contributed by atoms with Crippen LogP contribution in [0.1, 0.15) is 17.3 Å². The SMILES string of the molecule is CCOC(=O)c1c(F)ccc(OC)c1OC. The molecule has 0 atom stereocenters. The van der Waals surface area contributed by atoms with Crippen molar-refractivity contribution in [3.05, 3.63) is 23.5 Å². The fourth-order valence-corrected chi connectivity index (χ4v) is 1.30. The number of carbonyl (C=O) groups excluding carboxylic acids is 1. The second-order valence-electron chi connectivity index (χ2n) is 2.88. The molecule has 0 fully saturated rings. The van der Waals surface area contributed by atoms with Gasteiger partial charge in [0.05, 0.1) is 20.8 Å². The van der Waals surface area contributed by atoms with Crippen molar-refractivity contribution >= 4 is 5.97 Å². The highest BCUT2D eigenvalue weighted by Gasteiger charge is 2.22. The second-order valence-corrected chi connectivity index (χ2v) is 2.88. The maximum Gasteiger partial charge on any atom is 0.345 e. The summed E-state index contributed by atoms with van der Waals surface area (Å²) in [6, 6.07) is 2.52. The van der Waals surface area contributed by atoms with Crippen LogP contribution in [0.4, 0.5) is 4.39 Å². The summed E-state index contributed by atoms with van der Waals surface area (Å²) in [7, 11) is 2.74. The van der Waals surface area contributed by atoms with Crippen molar-refractivity contribution in [1.82, 2.24) is 0 Å². The molecule has 0 saturated heterocycles. The zero-order chi connectivity index (χ0) is 12.1. The Labute approximate surface area is 92.9 Å². The van der Waals surface area contributed by atoms with Crippen molar-refractivity contribution in [2.24, 2.45) is 0 Å². The second kappa shape index (κ2) is 5.34. The molecule has 0 N–H and O–H groups in total. The molecule has 0 spiro atoms. The van der Waals surface area contributed by atoms with E-state index in [0.717, 1.165) is 6.07 Å². The minimum Gasteiger partial charge on any atom is -0.493 e. The quantitative estimate of drug-likeness (QED) is 0.739. The van der Waals surface area contributed by atoms with Crippen LogP contribution in [-0.2, 0) is 4.74 Å². The Hall–Kier alpha value is -1.78. The van der Waals surface area contributed by atoms with Gasteiger partial charge < -0.3 is 14.2 Å². The molecule has 88 valence electrons. The van der Waals surface area contributed by atoms with Crippen LogP contribution in [0.5, 0.6) is 11.5 Å². The number of esters is 1. The lowest BCUT2D eigenvalue weighted by Crippen LogP contribution is -2.10. The number of hydrogen-bond donors (Lipinski definition) is 0. The van der Waals surface area contributed by atoms with Crippen LogP contribution in [-0.4, -0.2) is 26.8 Å². The molecule has 0 unspecified atom stereocenters. The van der Waals surface area contributed by atoms with Gasteiger partial charge >= 0.3 is 5.97 Å². The molecular weight excluding hydrogens is 215 g/mol. The van der Waals surface area contributed by atoms with Gasteiger partial charge in [0, 0.05) is 0 Å². The van der Waals surface area contributed by atoms with Crippen LogP contribution in [0, 0.1) is 5.82 Å². The van der Waals surface area contributed by atoms with Crippen LogP contribution in [0.25, 0.3) is 0 Å². The lowest BCUT2D eigenvalue weighted by atomic mass is 10.1. The van der Waals surface area contributed by atoms with E-state index in [2.05, 4.69) is 0 Å². The molecule has 0 aliphatic heterocycles. The number of ether oxygens (including phenoxy) is 3. The third-order valence-corrected chi connectivity index (χ3v) is 1.97. The average molecular weight is 228 g/mol. The summed E-state index contributed by atoms with van der Waals surface area (Å²) < 4.78 is 28.1. The molecule has 0 aliphatic carbocycles. The molecule has 0 radical (unpaired) electrons. The summed E-state index contributed by atoms with van der Waals surface area (Å²) in [5, 5.41) is 0. The highest BCUT2D eigenvalue weighted by atomic mass is 19.1. The first-order chi connectivity index (χ1) is 7.65. The Morgan fingerprint density at radius 1 is 1.31 bits per heavy atom. The van der Waals surface area contributed by atoms with Gasteiger partial charge in [-0.15, -0.1) is 0 Å². The topological polar surface area (TPSA) is 44.8 Å². The van der Waals surface area contributed by atoms with Crippen molar-refractivity contribution in [2.45, 2.75) is 6.92 Å².